The van der Waals surface area contributed by atoms with Crippen LogP contribution in [0.5, 0.6) is 0 Å². The maximum absolute atomic E-state index is 12.5. The molecule has 21 heavy (non-hydrogen) atoms. The van der Waals surface area contributed by atoms with Crippen LogP contribution >= 0.6 is 0 Å². The summed E-state index contributed by atoms with van der Waals surface area (Å²) in [6.07, 6.45) is 1.57. The van der Waals surface area contributed by atoms with Crippen molar-refractivity contribution in [3.05, 3.63) is 34.9 Å². The van der Waals surface area contributed by atoms with Gasteiger partial charge in [-0.25, -0.2) is 0 Å². The molecular formula is C17H24N2O2. The van der Waals surface area contributed by atoms with Gasteiger partial charge in [-0.2, -0.15) is 0 Å². The first-order chi connectivity index (χ1) is 9.93. The Morgan fingerprint density at radius 2 is 1.90 bits per heavy atom. The number of carbonyl (C=O) groups is 2. The highest BCUT2D eigenvalue weighted by Gasteiger charge is 2.37. The molecule has 0 aliphatic carbocycles. The van der Waals surface area contributed by atoms with E-state index < -0.39 is 6.04 Å². The standard InChI is InChI=1S/C17H24N2O2/c1-5-6-15-17(21)19(13(4)16(20)18-15)10-14-8-7-11(2)12(3)9-14/h7-9,13,15H,5-6,10H2,1-4H3,(H,18,20). The van der Waals surface area contributed by atoms with Crippen LogP contribution < -0.4 is 5.32 Å². The number of nitrogens with zero attached hydrogens (tertiary/aromatic N) is 1. The molecule has 1 aromatic carbocycles. The van der Waals surface area contributed by atoms with E-state index in [2.05, 4.69) is 31.3 Å². The fourth-order valence-electron chi connectivity index (χ4n) is 2.68. The number of piperazine rings is 1. The number of aryl methyl sites for hydroxylation is 2. The Morgan fingerprint density at radius 1 is 1.19 bits per heavy atom. The van der Waals surface area contributed by atoms with Crippen molar-refractivity contribution in [2.45, 2.75) is 59.2 Å². The van der Waals surface area contributed by atoms with E-state index >= 15 is 0 Å². The fraction of sp³-hybridized carbons (Fsp3) is 0.529. The molecule has 1 heterocycles. The smallest absolute Gasteiger partial charge is 0.246 e. The van der Waals surface area contributed by atoms with Crippen LogP contribution in [0.15, 0.2) is 18.2 Å². The fourth-order valence-corrected chi connectivity index (χ4v) is 2.68. The molecule has 4 heteroatoms. The van der Waals surface area contributed by atoms with Gasteiger partial charge in [-0.15, -0.1) is 0 Å². The highest BCUT2D eigenvalue weighted by molar-refractivity contribution is 5.96. The number of hydrogen-bond donors (Lipinski definition) is 1. The molecule has 1 N–H and O–H groups in total. The van der Waals surface area contributed by atoms with E-state index in [1.807, 2.05) is 13.0 Å². The van der Waals surface area contributed by atoms with Gasteiger partial charge in [0.2, 0.25) is 11.8 Å². The minimum atomic E-state index is -0.410. The molecule has 0 saturated carbocycles. The van der Waals surface area contributed by atoms with E-state index in [1.165, 1.54) is 11.1 Å². The summed E-state index contributed by atoms with van der Waals surface area (Å²) in [5.74, 6) is -0.0286. The number of benzene rings is 1. The second kappa shape index (κ2) is 6.29. The van der Waals surface area contributed by atoms with E-state index in [1.54, 1.807) is 11.8 Å². The molecule has 114 valence electrons. The van der Waals surface area contributed by atoms with Crippen molar-refractivity contribution in [1.82, 2.24) is 10.2 Å². The predicted octanol–water partition coefficient (Wildman–Crippen LogP) is 2.32. The summed E-state index contributed by atoms with van der Waals surface area (Å²) in [4.78, 5) is 26.3. The monoisotopic (exact) mass is 288 g/mol. The van der Waals surface area contributed by atoms with Gasteiger partial charge in [0.1, 0.15) is 12.1 Å². The molecule has 0 spiro atoms. The lowest BCUT2D eigenvalue weighted by Crippen LogP contribution is -2.61. The van der Waals surface area contributed by atoms with E-state index in [4.69, 9.17) is 0 Å². The molecule has 2 amide bonds. The molecule has 1 aliphatic heterocycles. The van der Waals surface area contributed by atoms with Crippen LogP contribution in [0, 0.1) is 13.8 Å². The van der Waals surface area contributed by atoms with Crippen molar-refractivity contribution in [2.24, 2.45) is 0 Å². The van der Waals surface area contributed by atoms with Gasteiger partial charge in [-0.05, 0) is 43.9 Å². The Labute approximate surface area is 126 Å². The molecule has 2 unspecified atom stereocenters. The summed E-state index contributed by atoms with van der Waals surface area (Å²) in [5, 5.41) is 2.82. The summed E-state index contributed by atoms with van der Waals surface area (Å²) >= 11 is 0. The Hall–Kier alpha value is -1.84. The Kier molecular flexibility index (Phi) is 4.66. The lowest BCUT2D eigenvalue weighted by atomic mass is 10.0. The second-order valence-electron chi connectivity index (χ2n) is 5.91. The highest BCUT2D eigenvalue weighted by atomic mass is 16.2. The molecular weight excluding hydrogens is 264 g/mol. The van der Waals surface area contributed by atoms with Crippen molar-refractivity contribution in [1.29, 1.82) is 0 Å². The van der Waals surface area contributed by atoms with Crippen molar-refractivity contribution >= 4 is 11.8 Å². The van der Waals surface area contributed by atoms with Gasteiger partial charge in [0, 0.05) is 6.54 Å². The molecule has 0 radical (unpaired) electrons. The number of nitrogens with one attached hydrogen (secondary N) is 1. The zero-order valence-corrected chi connectivity index (χ0v) is 13.3. The average molecular weight is 288 g/mol. The summed E-state index contributed by atoms with van der Waals surface area (Å²) in [5.41, 5.74) is 3.51. The maximum Gasteiger partial charge on any atom is 0.246 e. The number of hydrogen-bond acceptors (Lipinski definition) is 2. The Balaban J connectivity index is 2.20. The van der Waals surface area contributed by atoms with Gasteiger partial charge in [-0.1, -0.05) is 31.5 Å². The second-order valence-corrected chi connectivity index (χ2v) is 5.91. The van der Waals surface area contributed by atoms with Crippen LogP contribution in [0.2, 0.25) is 0 Å². The van der Waals surface area contributed by atoms with Gasteiger partial charge in [0.05, 0.1) is 0 Å². The van der Waals surface area contributed by atoms with E-state index in [0.29, 0.717) is 13.0 Å². The zero-order valence-electron chi connectivity index (χ0n) is 13.3. The largest absolute Gasteiger partial charge is 0.343 e. The number of carbonyl (C=O) groups excluding carboxylic acids is 2. The first-order valence-corrected chi connectivity index (χ1v) is 7.61. The van der Waals surface area contributed by atoms with Crippen molar-refractivity contribution < 1.29 is 9.59 Å². The van der Waals surface area contributed by atoms with Crippen LogP contribution in [0.25, 0.3) is 0 Å². The summed E-state index contributed by atoms with van der Waals surface area (Å²) in [6, 6.07) is 5.41. The van der Waals surface area contributed by atoms with Gasteiger partial charge in [0.15, 0.2) is 0 Å². The lowest BCUT2D eigenvalue weighted by molar-refractivity contribution is -0.149. The normalized spacial score (nSPS) is 22.4. The first kappa shape index (κ1) is 15.5. The Bertz CT molecular complexity index is 554. The summed E-state index contributed by atoms with van der Waals surface area (Å²) in [6.45, 7) is 8.43. The summed E-state index contributed by atoms with van der Waals surface area (Å²) in [7, 11) is 0. The van der Waals surface area contributed by atoms with Crippen molar-refractivity contribution in [2.75, 3.05) is 0 Å². The first-order valence-electron chi connectivity index (χ1n) is 7.61. The van der Waals surface area contributed by atoms with Gasteiger partial charge in [-0.3, -0.25) is 9.59 Å². The molecule has 0 aromatic heterocycles. The molecule has 1 aromatic rings. The molecule has 2 atom stereocenters. The van der Waals surface area contributed by atoms with Crippen LogP contribution in [0.1, 0.15) is 43.4 Å². The van der Waals surface area contributed by atoms with Gasteiger partial charge >= 0.3 is 0 Å². The SMILES string of the molecule is CCCC1NC(=O)C(C)N(Cc2ccc(C)c(C)c2)C1=O. The molecule has 1 aliphatic rings. The molecule has 4 nitrogen and oxygen atoms in total. The van der Waals surface area contributed by atoms with E-state index in [9.17, 15) is 9.59 Å². The maximum atomic E-state index is 12.5. The van der Waals surface area contributed by atoms with E-state index in [-0.39, 0.29) is 17.9 Å². The van der Waals surface area contributed by atoms with Crippen molar-refractivity contribution in [3.63, 3.8) is 0 Å². The topological polar surface area (TPSA) is 49.4 Å². The minimum absolute atomic E-state index is 0.0298. The third-order valence-corrected chi connectivity index (χ3v) is 4.25. The number of rotatable bonds is 4. The third-order valence-electron chi connectivity index (χ3n) is 4.25. The Morgan fingerprint density at radius 3 is 2.52 bits per heavy atom. The van der Waals surface area contributed by atoms with Crippen LogP contribution in [-0.4, -0.2) is 28.8 Å². The molecule has 2 rings (SSSR count). The lowest BCUT2D eigenvalue weighted by Gasteiger charge is -2.37. The minimum Gasteiger partial charge on any atom is -0.343 e. The van der Waals surface area contributed by atoms with Crippen LogP contribution in [-0.2, 0) is 16.1 Å². The highest BCUT2D eigenvalue weighted by Crippen LogP contribution is 2.18. The number of amides is 2. The molecule has 1 saturated heterocycles. The van der Waals surface area contributed by atoms with Crippen molar-refractivity contribution in [3.8, 4) is 0 Å². The van der Waals surface area contributed by atoms with Gasteiger partial charge < -0.3 is 10.2 Å². The quantitative estimate of drug-likeness (QED) is 0.924. The van der Waals surface area contributed by atoms with Gasteiger partial charge in [0.25, 0.3) is 0 Å². The van der Waals surface area contributed by atoms with Crippen LogP contribution in [0.4, 0.5) is 0 Å². The predicted molar refractivity (Wildman–Crippen MR) is 82.8 cm³/mol. The molecule has 0 bridgehead atoms. The summed E-state index contributed by atoms with van der Waals surface area (Å²) < 4.78 is 0. The average Bonchev–Trinajstić information content (AvgIpc) is 2.45. The van der Waals surface area contributed by atoms with Crippen LogP contribution in [0.3, 0.4) is 0 Å². The molecule has 1 fully saturated rings. The van der Waals surface area contributed by atoms with E-state index in [0.717, 1.165) is 12.0 Å². The zero-order chi connectivity index (χ0) is 15.6. The third kappa shape index (κ3) is 3.26.